The predicted octanol–water partition coefficient (Wildman–Crippen LogP) is 9.37. The van der Waals surface area contributed by atoms with Crippen LogP contribution < -0.4 is 0 Å². The van der Waals surface area contributed by atoms with E-state index in [2.05, 4.69) is 101 Å². The van der Waals surface area contributed by atoms with Crippen molar-refractivity contribution < 1.29 is 15.9 Å². The van der Waals surface area contributed by atoms with Crippen molar-refractivity contribution in [3.05, 3.63) is 80.9 Å². The van der Waals surface area contributed by atoms with Crippen molar-refractivity contribution in [1.82, 2.24) is 0 Å². The summed E-state index contributed by atoms with van der Waals surface area (Å²) in [5, 5.41) is 0. The van der Waals surface area contributed by atoms with Gasteiger partial charge < -0.3 is 0 Å². The molecule has 2 aromatic rings. The first kappa shape index (κ1) is 23.4. The van der Waals surface area contributed by atoms with Crippen molar-refractivity contribution in [2.75, 3.05) is 0 Å². The van der Waals surface area contributed by atoms with Crippen LogP contribution in [-0.4, -0.2) is 3.71 Å². The Morgan fingerprint density at radius 2 is 1.13 bits per heavy atom. The monoisotopic (exact) mass is 530 g/mol. The van der Waals surface area contributed by atoms with Crippen LogP contribution in [0.1, 0.15) is 101 Å². The minimum atomic E-state index is -4.59. The van der Waals surface area contributed by atoms with Crippen molar-refractivity contribution in [2.45, 2.75) is 67.6 Å². The summed E-state index contributed by atoms with van der Waals surface area (Å²) in [5.74, 6) is 0.939. The number of fused-ring (bicyclic) bond motifs is 2. The number of hydrogen-bond acceptors (Lipinski definition) is 0. The van der Waals surface area contributed by atoms with E-state index in [9.17, 15) is 0 Å². The van der Waals surface area contributed by atoms with Crippen molar-refractivity contribution in [3.8, 4) is 0 Å². The first-order chi connectivity index (χ1) is 14.5. The minimum absolute atomic E-state index is 0.102. The van der Waals surface area contributed by atoms with Gasteiger partial charge in [-0.05, 0) is 0 Å². The Labute approximate surface area is 196 Å². The molecule has 0 N–H and O–H groups in total. The summed E-state index contributed by atoms with van der Waals surface area (Å²) in [5.41, 5.74) is 10.8. The standard InChI is InChI=1S/2C13H15.C2H4.2ClH.Zr/c2*1-9(2)12-6-4-5-11-7-10(3)8-13(11)12;1-2;;;/h2*4-9H,1-3H3;1H,2H3;2*1H;/q;;;;;+2/p-2. The fraction of sp³-hybridized carbons (Fsp3) is 0.393. The summed E-state index contributed by atoms with van der Waals surface area (Å²) in [7, 11) is 15.9. The average molecular weight is 533 g/mol. The molecule has 3 heteroatoms. The fourth-order valence-corrected chi connectivity index (χ4v) is 24.3. The molecule has 2 aliphatic carbocycles. The molecule has 0 spiro atoms. The Morgan fingerprint density at radius 1 is 0.742 bits per heavy atom. The van der Waals surface area contributed by atoms with Gasteiger partial charge in [-0.3, -0.25) is 0 Å². The maximum absolute atomic E-state index is 7.94. The molecule has 0 saturated carbocycles. The number of allylic oxidation sites excluding steroid dienone is 2. The second-order valence-electron chi connectivity index (χ2n) is 10.2. The zero-order valence-corrected chi connectivity index (χ0v) is 23.7. The third-order valence-corrected chi connectivity index (χ3v) is 27.2. The Hall–Kier alpha value is -0.747. The summed E-state index contributed by atoms with van der Waals surface area (Å²) in [6, 6.07) is 13.4. The van der Waals surface area contributed by atoms with Gasteiger partial charge in [-0.25, -0.2) is 0 Å². The molecule has 0 bridgehead atoms. The summed E-state index contributed by atoms with van der Waals surface area (Å²) in [4.78, 5) is 0. The molecule has 0 saturated heterocycles. The molecule has 0 heterocycles. The van der Waals surface area contributed by atoms with Gasteiger partial charge in [0.2, 0.25) is 0 Å². The summed E-state index contributed by atoms with van der Waals surface area (Å²) >= 11 is -4.59. The van der Waals surface area contributed by atoms with E-state index in [-0.39, 0.29) is 7.25 Å². The van der Waals surface area contributed by atoms with Crippen molar-refractivity contribution in [2.24, 2.45) is 0 Å². The van der Waals surface area contributed by atoms with Crippen LogP contribution >= 0.6 is 17.0 Å². The zero-order chi connectivity index (χ0) is 22.7. The van der Waals surface area contributed by atoms with Gasteiger partial charge in [0.1, 0.15) is 0 Å². The molecule has 2 unspecified atom stereocenters. The maximum atomic E-state index is 7.94. The van der Waals surface area contributed by atoms with E-state index < -0.39 is 15.9 Å². The topological polar surface area (TPSA) is 0 Å². The van der Waals surface area contributed by atoms with Crippen LogP contribution in [0.3, 0.4) is 0 Å². The van der Waals surface area contributed by atoms with Gasteiger partial charge in [-0.1, -0.05) is 0 Å². The quantitative estimate of drug-likeness (QED) is 0.368. The van der Waals surface area contributed by atoms with E-state index in [1.54, 1.807) is 0 Å². The van der Waals surface area contributed by atoms with Gasteiger partial charge in [-0.15, -0.1) is 0 Å². The molecule has 0 fully saturated rings. The first-order valence-electron chi connectivity index (χ1n) is 11.5. The van der Waals surface area contributed by atoms with E-state index in [1.165, 1.54) is 44.5 Å². The Balaban J connectivity index is 1.97. The van der Waals surface area contributed by atoms with E-state index in [4.69, 9.17) is 17.0 Å². The Kier molecular flexibility index (Phi) is 5.99. The third-order valence-electron chi connectivity index (χ3n) is 7.52. The SMILES string of the molecule is C[CH]=[Zr]([Cl])([Cl])([CH]1C(C)=Cc2c(C(C)C)cccc21)[CH]1C(C)=Cc2c(C(C)C)cccc21. The molecular formula is C28H34Cl2Zr. The van der Waals surface area contributed by atoms with Crippen molar-refractivity contribution >= 4 is 32.9 Å². The molecule has 31 heavy (non-hydrogen) atoms. The van der Waals surface area contributed by atoms with Crippen LogP contribution in [0, 0.1) is 0 Å². The zero-order valence-electron chi connectivity index (χ0n) is 19.8. The Morgan fingerprint density at radius 3 is 1.45 bits per heavy atom. The molecule has 2 atom stereocenters. The van der Waals surface area contributed by atoms with Gasteiger partial charge >= 0.3 is 197 Å². The molecule has 2 aliphatic rings. The van der Waals surface area contributed by atoms with Gasteiger partial charge in [0.25, 0.3) is 0 Å². The van der Waals surface area contributed by atoms with Crippen LogP contribution in [0.5, 0.6) is 0 Å². The number of halogens is 2. The van der Waals surface area contributed by atoms with E-state index >= 15 is 0 Å². The summed E-state index contributed by atoms with van der Waals surface area (Å²) in [6.45, 7) is 15.6. The van der Waals surface area contributed by atoms with Crippen molar-refractivity contribution in [1.29, 1.82) is 0 Å². The summed E-state index contributed by atoms with van der Waals surface area (Å²) < 4.78 is 2.46. The van der Waals surface area contributed by atoms with E-state index in [0.717, 1.165) is 0 Å². The molecule has 0 aliphatic heterocycles. The van der Waals surface area contributed by atoms with Gasteiger partial charge in [-0.2, -0.15) is 0 Å². The normalized spacial score (nSPS) is 20.6. The van der Waals surface area contributed by atoms with Crippen LogP contribution in [0.25, 0.3) is 12.2 Å². The average Bonchev–Trinajstić information content (AvgIpc) is 3.23. The van der Waals surface area contributed by atoms with Gasteiger partial charge in [0, 0.05) is 0 Å². The molecule has 0 amide bonds. The van der Waals surface area contributed by atoms with Gasteiger partial charge in [0.15, 0.2) is 0 Å². The first-order valence-corrected chi connectivity index (χ1v) is 22.1. The van der Waals surface area contributed by atoms with Gasteiger partial charge in [0.05, 0.1) is 0 Å². The van der Waals surface area contributed by atoms with E-state index in [1.807, 2.05) is 0 Å². The summed E-state index contributed by atoms with van der Waals surface area (Å²) in [6.07, 6.45) is 4.72. The van der Waals surface area contributed by atoms with Crippen LogP contribution in [0.4, 0.5) is 0 Å². The molecule has 0 aromatic heterocycles. The molecule has 2 aromatic carbocycles. The molecular weight excluding hydrogens is 498 g/mol. The molecule has 4 rings (SSSR count). The molecule has 164 valence electrons. The van der Waals surface area contributed by atoms with Crippen LogP contribution in [-0.2, 0) is 15.9 Å². The fourth-order valence-electron chi connectivity index (χ4n) is 6.12. The van der Waals surface area contributed by atoms with Crippen LogP contribution in [0.2, 0.25) is 0 Å². The number of rotatable bonds is 4. The number of hydrogen-bond donors (Lipinski definition) is 0. The third kappa shape index (κ3) is 3.46. The van der Waals surface area contributed by atoms with Crippen LogP contribution in [0.15, 0.2) is 47.5 Å². The predicted molar refractivity (Wildman–Crippen MR) is 137 cm³/mol. The second kappa shape index (κ2) is 7.93. The Bertz CT molecular complexity index is 1100. The molecule has 0 radical (unpaired) electrons. The number of benzene rings is 2. The van der Waals surface area contributed by atoms with Crippen molar-refractivity contribution in [3.63, 3.8) is 0 Å². The molecule has 0 nitrogen and oxygen atoms in total. The second-order valence-corrected chi connectivity index (χ2v) is 31.6. The van der Waals surface area contributed by atoms with E-state index in [0.29, 0.717) is 11.8 Å².